The molecule has 0 aliphatic carbocycles. The van der Waals surface area contributed by atoms with E-state index in [0.29, 0.717) is 0 Å². The Morgan fingerprint density at radius 1 is 1.24 bits per heavy atom. The number of ether oxygens (including phenoxy) is 1. The molecule has 0 radical (unpaired) electrons. The van der Waals surface area contributed by atoms with Gasteiger partial charge in [-0.2, -0.15) is 0 Å². The van der Waals surface area contributed by atoms with Crippen LogP contribution in [0.2, 0.25) is 0 Å². The van der Waals surface area contributed by atoms with Crippen LogP contribution in [0.5, 0.6) is 5.75 Å². The van der Waals surface area contributed by atoms with Gasteiger partial charge in [-0.1, -0.05) is 18.2 Å². The number of rotatable bonds is 6. The van der Waals surface area contributed by atoms with Gasteiger partial charge in [0.2, 0.25) is 0 Å². The zero-order valence-corrected chi connectivity index (χ0v) is 10.8. The van der Waals surface area contributed by atoms with E-state index in [-0.39, 0.29) is 0 Å². The lowest BCUT2D eigenvalue weighted by atomic mass is 10.2. The van der Waals surface area contributed by atoms with Crippen LogP contribution in [0.25, 0.3) is 0 Å². The lowest BCUT2D eigenvalue weighted by molar-refractivity contribution is 0.322. The summed E-state index contributed by atoms with van der Waals surface area (Å²) in [7, 11) is 1.95. The van der Waals surface area contributed by atoms with Gasteiger partial charge in [-0.25, -0.2) is 0 Å². The van der Waals surface area contributed by atoms with E-state index in [1.54, 1.807) is 11.3 Å². The number of thiophene rings is 1. The van der Waals surface area contributed by atoms with E-state index in [1.807, 2.05) is 19.2 Å². The summed E-state index contributed by atoms with van der Waals surface area (Å²) in [5.74, 6) is 0.953. The number of nitrogens with one attached hydrogen (secondary N) is 1. The zero-order chi connectivity index (χ0) is 11.9. The Bertz CT molecular complexity index is 439. The maximum Gasteiger partial charge on any atom is 0.119 e. The van der Waals surface area contributed by atoms with Crippen molar-refractivity contribution in [1.29, 1.82) is 0 Å². The fourth-order valence-corrected chi connectivity index (χ4v) is 2.36. The topological polar surface area (TPSA) is 21.3 Å². The van der Waals surface area contributed by atoms with E-state index in [4.69, 9.17) is 4.74 Å². The van der Waals surface area contributed by atoms with Crippen LogP contribution in [0.15, 0.2) is 41.8 Å². The van der Waals surface area contributed by atoms with Crippen molar-refractivity contribution in [3.8, 4) is 5.75 Å². The molecule has 0 spiro atoms. The highest BCUT2D eigenvalue weighted by Crippen LogP contribution is 2.15. The molecule has 0 amide bonds. The summed E-state index contributed by atoms with van der Waals surface area (Å²) in [5, 5.41) is 5.24. The second kappa shape index (κ2) is 6.42. The lowest BCUT2D eigenvalue weighted by Gasteiger charge is -2.07. The van der Waals surface area contributed by atoms with Gasteiger partial charge in [-0.05, 0) is 36.2 Å². The van der Waals surface area contributed by atoms with E-state index in [9.17, 15) is 0 Å². The van der Waals surface area contributed by atoms with Crippen molar-refractivity contribution in [2.75, 3.05) is 13.7 Å². The molecule has 1 heterocycles. The molecular formula is C14H17NOS. The molecule has 3 heteroatoms. The molecule has 0 aliphatic rings. The first kappa shape index (κ1) is 12.1. The van der Waals surface area contributed by atoms with E-state index < -0.39 is 0 Å². The van der Waals surface area contributed by atoms with Crippen molar-refractivity contribution >= 4 is 11.3 Å². The van der Waals surface area contributed by atoms with Crippen LogP contribution < -0.4 is 10.1 Å². The standard InChI is InChI=1S/C14H17NOS/c1-15-11-12-4-2-5-13(10-12)16-8-7-14-6-3-9-17-14/h2-6,9-10,15H,7-8,11H2,1H3. The second-order valence-corrected chi connectivity index (χ2v) is 4.89. The van der Waals surface area contributed by atoms with Gasteiger partial charge >= 0.3 is 0 Å². The Kier molecular flexibility index (Phi) is 4.59. The molecule has 0 saturated heterocycles. The summed E-state index contributed by atoms with van der Waals surface area (Å²) in [6.07, 6.45) is 0.980. The van der Waals surface area contributed by atoms with Gasteiger partial charge in [0.1, 0.15) is 5.75 Å². The summed E-state index contributed by atoms with van der Waals surface area (Å²) >= 11 is 1.78. The number of hydrogen-bond acceptors (Lipinski definition) is 3. The lowest BCUT2D eigenvalue weighted by Crippen LogP contribution is -2.05. The van der Waals surface area contributed by atoms with Gasteiger partial charge in [-0.15, -0.1) is 11.3 Å². The molecule has 0 atom stereocenters. The van der Waals surface area contributed by atoms with Crippen molar-refractivity contribution in [1.82, 2.24) is 5.32 Å². The molecule has 2 aromatic rings. The van der Waals surface area contributed by atoms with Crippen molar-refractivity contribution in [2.24, 2.45) is 0 Å². The van der Waals surface area contributed by atoms with Gasteiger partial charge in [0.05, 0.1) is 6.61 Å². The smallest absolute Gasteiger partial charge is 0.119 e. The minimum atomic E-state index is 0.740. The van der Waals surface area contributed by atoms with Crippen molar-refractivity contribution < 1.29 is 4.74 Å². The molecule has 0 bridgehead atoms. The van der Waals surface area contributed by atoms with Gasteiger partial charge in [-0.3, -0.25) is 0 Å². The normalized spacial score (nSPS) is 10.4. The third-order valence-corrected chi connectivity index (χ3v) is 3.41. The van der Waals surface area contributed by atoms with Crippen molar-refractivity contribution in [2.45, 2.75) is 13.0 Å². The fourth-order valence-electron chi connectivity index (χ4n) is 1.67. The molecule has 17 heavy (non-hydrogen) atoms. The summed E-state index contributed by atoms with van der Waals surface area (Å²) < 4.78 is 5.75. The summed E-state index contributed by atoms with van der Waals surface area (Å²) in [5.41, 5.74) is 1.25. The Balaban J connectivity index is 1.84. The monoisotopic (exact) mass is 247 g/mol. The maximum atomic E-state index is 5.75. The highest BCUT2D eigenvalue weighted by Gasteiger charge is 1.98. The molecule has 2 rings (SSSR count). The first-order valence-corrected chi connectivity index (χ1v) is 6.65. The molecule has 0 saturated carbocycles. The second-order valence-electron chi connectivity index (χ2n) is 3.86. The molecule has 1 N–H and O–H groups in total. The Morgan fingerprint density at radius 2 is 2.18 bits per heavy atom. The van der Waals surface area contributed by atoms with Crippen LogP contribution in [-0.2, 0) is 13.0 Å². The van der Waals surface area contributed by atoms with E-state index >= 15 is 0 Å². The van der Waals surface area contributed by atoms with E-state index in [0.717, 1.165) is 25.3 Å². The fraction of sp³-hybridized carbons (Fsp3) is 0.286. The quantitative estimate of drug-likeness (QED) is 0.847. The zero-order valence-electron chi connectivity index (χ0n) is 9.98. The van der Waals surface area contributed by atoms with Crippen molar-refractivity contribution in [3.05, 3.63) is 52.2 Å². The maximum absolute atomic E-state index is 5.75. The summed E-state index contributed by atoms with van der Waals surface area (Å²) in [6.45, 7) is 1.62. The van der Waals surface area contributed by atoms with Crippen LogP contribution in [0, 0.1) is 0 Å². The van der Waals surface area contributed by atoms with Crippen molar-refractivity contribution in [3.63, 3.8) is 0 Å². The Labute approximate surface area is 106 Å². The summed E-state index contributed by atoms with van der Waals surface area (Å²) in [4.78, 5) is 1.37. The molecule has 1 aromatic heterocycles. The third kappa shape index (κ3) is 3.88. The molecule has 1 aromatic carbocycles. The average Bonchev–Trinajstić information content (AvgIpc) is 2.83. The third-order valence-electron chi connectivity index (χ3n) is 2.48. The molecule has 0 unspecified atom stereocenters. The van der Waals surface area contributed by atoms with Crippen LogP contribution in [0.3, 0.4) is 0 Å². The number of hydrogen-bond donors (Lipinski definition) is 1. The first-order valence-electron chi connectivity index (χ1n) is 5.77. The molecule has 0 fully saturated rings. The minimum Gasteiger partial charge on any atom is -0.493 e. The predicted molar refractivity (Wildman–Crippen MR) is 72.7 cm³/mol. The van der Waals surface area contributed by atoms with E-state index in [1.165, 1.54) is 10.4 Å². The minimum absolute atomic E-state index is 0.740. The van der Waals surface area contributed by atoms with Gasteiger partial charge < -0.3 is 10.1 Å². The Hall–Kier alpha value is -1.32. The SMILES string of the molecule is CNCc1cccc(OCCc2cccs2)c1. The Morgan fingerprint density at radius 3 is 2.94 bits per heavy atom. The van der Waals surface area contributed by atoms with Crippen LogP contribution in [-0.4, -0.2) is 13.7 Å². The molecule has 0 aliphatic heterocycles. The average molecular weight is 247 g/mol. The highest BCUT2D eigenvalue weighted by atomic mass is 32.1. The van der Waals surface area contributed by atoms with Crippen LogP contribution >= 0.6 is 11.3 Å². The molecule has 90 valence electrons. The largest absolute Gasteiger partial charge is 0.493 e. The molecular weight excluding hydrogens is 230 g/mol. The number of benzene rings is 1. The predicted octanol–water partition coefficient (Wildman–Crippen LogP) is 3.09. The van der Waals surface area contributed by atoms with Crippen LogP contribution in [0.4, 0.5) is 0 Å². The molecule has 2 nitrogen and oxygen atoms in total. The van der Waals surface area contributed by atoms with Gasteiger partial charge in [0.25, 0.3) is 0 Å². The first-order chi connectivity index (χ1) is 8.38. The van der Waals surface area contributed by atoms with Gasteiger partial charge in [0.15, 0.2) is 0 Å². The van der Waals surface area contributed by atoms with Crippen LogP contribution in [0.1, 0.15) is 10.4 Å². The van der Waals surface area contributed by atoms with Gasteiger partial charge in [0, 0.05) is 17.8 Å². The highest BCUT2D eigenvalue weighted by molar-refractivity contribution is 7.09. The van der Waals surface area contributed by atoms with E-state index in [2.05, 4.69) is 35.0 Å². The summed E-state index contributed by atoms with van der Waals surface area (Å²) in [6, 6.07) is 12.5.